The van der Waals surface area contributed by atoms with Crippen LogP contribution in [0.25, 0.3) is 5.65 Å². The van der Waals surface area contributed by atoms with Gasteiger partial charge in [0.2, 0.25) is 0 Å². The zero-order valence-electron chi connectivity index (χ0n) is 15.1. The van der Waals surface area contributed by atoms with Gasteiger partial charge in [-0.25, -0.2) is 9.97 Å². The Labute approximate surface area is 179 Å². The minimum absolute atomic E-state index is 0.101. The monoisotopic (exact) mass is 472 g/mol. The molecule has 5 nitrogen and oxygen atoms in total. The van der Waals surface area contributed by atoms with Crippen LogP contribution in [0.2, 0.25) is 0 Å². The number of thioether (sulfide) groups is 1. The molecule has 4 aromatic rings. The van der Waals surface area contributed by atoms with Crippen LogP contribution in [-0.2, 0) is 12.3 Å². The standard InChI is InChI=1S/C20H17BrN4OS2/c1-13-23-16(11-27-13)12-28-18-5-3-2-4-17(18)20(26)22-8-15-10-25-9-14(21)6-7-19(25)24-15/h2-7,9-11H,8,12H2,1H3,(H,22,26). The first-order valence-electron chi connectivity index (χ1n) is 8.62. The Morgan fingerprint density at radius 1 is 1.18 bits per heavy atom. The molecule has 1 aromatic carbocycles. The average Bonchev–Trinajstić information content (AvgIpc) is 3.29. The topological polar surface area (TPSA) is 59.3 Å². The quantitative estimate of drug-likeness (QED) is 0.397. The van der Waals surface area contributed by atoms with E-state index in [9.17, 15) is 4.79 Å². The van der Waals surface area contributed by atoms with Crippen molar-refractivity contribution in [1.82, 2.24) is 19.7 Å². The van der Waals surface area contributed by atoms with E-state index in [1.807, 2.05) is 60.1 Å². The molecule has 0 radical (unpaired) electrons. The van der Waals surface area contributed by atoms with Crippen molar-refractivity contribution in [3.8, 4) is 0 Å². The number of pyridine rings is 1. The number of imidazole rings is 1. The van der Waals surface area contributed by atoms with E-state index in [2.05, 4.69) is 36.6 Å². The summed E-state index contributed by atoms with van der Waals surface area (Å²) in [5.74, 6) is 0.645. The van der Waals surface area contributed by atoms with Gasteiger partial charge in [-0.2, -0.15) is 0 Å². The van der Waals surface area contributed by atoms with Crippen molar-refractivity contribution in [3.05, 3.63) is 80.6 Å². The first-order valence-corrected chi connectivity index (χ1v) is 11.3. The third kappa shape index (κ3) is 4.45. The number of hydrogen-bond donors (Lipinski definition) is 1. The normalized spacial score (nSPS) is 11.1. The van der Waals surface area contributed by atoms with E-state index in [-0.39, 0.29) is 5.91 Å². The SMILES string of the molecule is Cc1nc(CSc2ccccc2C(=O)NCc2cn3cc(Br)ccc3n2)cs1. The fraction of sp³-hybridized carbons (Fsp3) is 0.150. The molecule has 0 saturated heterocycles. The molecule has 4 rings (SSSR count). The highest BCUT2D eigenvalue weighted by Gasteiger charge is 2.13. The van der Waals surface area contributed by atoms with Gasteiger partial charge in [-0.05, 0) is 47.1 Å². The molecule has 0 bridgehead atoms. The summed E-state index contributed by atoms with van der Waals surface area (Å²) in [5, 5.41) is 6.10. The van der Waals surface area contributed by atoms with Crippen LogP contribution >= 0.6 is 39.0 Å². The second-order valence-electron chi connectivity index (χ2n) is 6.17. The number of amides is 1. The first-order chi connectivity index (χ1) is 13.6. The summed E-state index contributed by atoms with van der Waals surface area (Å²) in [6.45, 7) is 2.38. The second kappa shape index (κ2) is 8.46. The number of nitrogens with one attached hydrogen (secondary N) is 1. The largest absolute Gasteiger partial charge is 0.346 e. The molecule has 0 aliphatic heterocycles. The van der Waals surface area contributed by atoms with E-state index in [0.717, 1.165) is 37.2 Å². The van der Waals surface area contributed by atoms with Crippen LogP contribution in [0.5, 0.6) is 0 Å². The maximum Gasteiger partial charge on any atom is 0.252 e. The number of fused-ring (bicyclic) bond motifs is 1. The minimum Gasteiger partial charge on any atom is -0.346 e. The van der Waals surface area contributed by atoms with Gasteiger partial charge in [0.15, 0.2) is 0 Å². The summed E-state index contributed by atoms with van der Waals surface area (Å²) in [6, 6.07) is 11.5. The van der Waals surface area contributed by atoms with Gasteiger partial charge in [0.25, 0.3) is 5.91 Å². The van der Waals surface area contributed by atoms with Gasteiger partial charge in [-0.15, -0.1) is 23.1 Å². The first kappa shape index (κ1) is 19.2. The number of benzene rings is 1. The molecule has 0 fully saturated rings. The number of carbonyl (C=O) groups excluding carboxylic acids is 1. The zero-order chi connectivity index (χ0) is 19.5. The average molecular weight is 473 g/mol. The van der Waals surface area contributed by atoms with Gasteiger partial charge in [0.05, 0.1) is 28.5 Å². The number of thiazole rings is 1. The Morgan fingerprint density at radius 3 is 2.86 bits per heavy atom. The molecular weight excluding hydrogens is 456 g/mol. The molecule has 3 heterocycles. The molecule has 0 aliphatic rings. The number of nitrogens with zero attached hydrogens (tertiary/aromatic N) is 3. The van der Waals surface area contributed by atoms with Crippen molar-refractivity contribution >= 4 is 50.6 Å². The van der Waals surface area contributed by atoms with Crippen molar-refractivity contribution in [2.75, 3.05) is 0 Å². The molecule has 0 saturated carbocycles. The van der Waals surface area contributed by atoms with Gasteiger partial charge in [-0.3, -0.25) is 4.79 Å². The van der Waals surface area contributed by atoms with Gasteiger partial charge >= 0.3 is 0 Å². The lowest BCUT2D eigenvalue weighted by molar-refractivity contribution is 0.0947. The molecule has 0 atom stereocenters. The number of rotatable bonds is 6. The summed E-state index contributed by atoms with van der Waals surface area (Å²) in [4.78, 5) is 22.7. The van der Waals surface area contributed by atoms with Crippen molar-refractivity contribution in [2.45, 2.75) is 24.1 Å². The van der Waals surface area contributed by atoms with Crippen molar-refractivity contribution < 1.29 is 4.79 Å². The number of carbonyl (C=O) groups is 1. The highest BCUT2D eigenvalue weighted by molar-refractivity contribution is 9.10. The second-order valence-corrected chi connectivity index (χ2v) is 9.17. The third-order valence-electron chi connectivity index (χ3n) is 4.07. The Hall–Kier alpha value is -2.16. The summed E-state index contributed by atoms with van der Waals surface area (Å²) < 4.78 is 2.92. The van der Waals surface area contributed by atoms with Crippen molar-refractivity contribution in [1.29, 1.82) is 0 Å². The molecule has 0 aliphatic carbocycles. The predicted molar refractivity (Wildman–Crippen MR) is 117 cm³/mol. The Kier molecular flexibility index (Phi) is 5.79. The summed E-state index contributed by atoms with van der Waals surface area (Å²) >= 11 is 6.72. The molecule has 1 amide bonds. The highest BCUT2D eigenvalue weighted by Crippen LogP contribution is 2.27. The fourth-order valence-electron chi connectivity index (χ4n) is 2.77. The van der Waals surface area contributed by atoms with Crippen LogP contribution < -0.4 is 5.32 Å². The van der Waals surface area contributed by atoms with Crippen LogP contribution in [0.15, 0.2) is 63.5 Å². The van der Waals surface area contributed by atoms with E-state index in [1.54, 1.807) is 23.1 Å². The van der Waals surface area contributed by atoms with Gasteiger partial charge in [-0.1, -0.05) is 12.1 Å². The van der Waals surface area contributed by atoms with Crippen LogP contribution in [0, 0.1) is 6.92 Å². The lowest BCUT2D eigenvalue weighted by Gasteiger charge is -2.08. The van der Waals surface area contributed by atoms with E-state index in [4.69, 9.17) is 0 Å². The maximum absolute atomic E-state index is 12.7. The maximum atomic E-state index is 12.7. The highest BCUT2D eigenvalue weighted by atomic mass is 79.9. The third-order valence-corrected chi connectivity index (χ3v) is 6.47. The van der Waals surface area contributed by atoms with E-state index in [1.165, 1.54) is 0 Å². The molecule has 0 unspecified atom stereocenters. The van der Waals surface area contributed by atoms with Crippen LogP contribution in [0.3, 0.4) is 0 Å². The number of aromatic nitrogens is 3. The van der Waals surface area contributed by atoms with E-state index < -0.39 is 0 Å². The van der Waals surface area contributed by atoms with Crippen LogP contribution in [0.4, 0.5) is 0 Å². The molecule has 8 heteroatoms. The smallest absolute Gasteiger partial charge is 0.252 e. The number of hydrogen-bond acceptors (Lipinski definition) is 5. The summed E-state index contributed by atoms with van der Waals surface area (Å²) in [5.41, 5.74) is 3.38. The fourth-order valence-corrected chi connectivity index (χ4v) is 4.79. The van der Waals surface area contributed by atoms with Crippen molar-refractivity contribution in [2.24, 2.45) is 0 Å². The Morgan fingerprint density at radius 2 is 2.04 bits per heavy atom. The molecule has 3 aromatic heterocycles. The lowest BCUT2D eigenvalue weighted by atomic mass is 10.2. The Bertz CT molecular complexity index is 1140. The molecule has 28 heavy (non-hydrogen) atoms. The van der Waals surface area contributed by atoms with E-state index >= 15 is 0 Å². The molecular formula is C20H17BrN4OS2. The number of halogens is 1. The van der Waals surface area contributed by atoms with Gasteiger partial charge < -0.3 is 9.72 Å². The summed E-state index contributed by atoms with van der Waals surface area (Å²) in [6.07, 6.45) is 3.87. The molecule has 142 valence electrons. The van der Waals surface area contributed by atoms with E-state index in [0.29, 0.717) is 12.1 Å². The molecule has 0 spiro atoms. The van der Waals surface area contributed by atoms with Gasteiger partial charge in [0.1, 0.15) is 5.65 Å². The Balaban J connectivity index is 1.43. The minimum atomic E-state index is -0.101. The van der Waals surface area contributed by atoms with Crippen LogP contribution in [-0.4, -0.2) is 20.3 Å². The van der Waals surface area contributed by atoms with Crippen LogP contribution in [0.1, 0.15) is 26.8 Å². The predicted octanol–water partition coefficient (Wildman–Crippen LogP) is 5.08. The lowest BCUT2D eigenvalue weighted by Crippen LogP contribution is -2.23. The molecule has 1 N–H and O–H groups in total. The number of aryl methyl sites for hydroxylation is 1. The zero-order valence-corrected chi connectivity index (χ0v) is 18.3. The van der Waals surface area contributed by atoms with Gasteiger partial charge in [0, 0.05) is 32.9 Å². The summed E-state index contributed by atoms with van der Waals surface area (Å²) in [7, 11) is 0. The van der Waals surface area contributed by atoms with Crippen molar-refractivity contribution in [3.63, 3.8) is 0 Å².